The van der Waals surface area contributed by atoms with Gasteiger partial charge in [-0.25, -0.2) is 0 Å². The molecule has 1 unspecified atom stereocenters. The van der Waals surface area contributed by atoms with Gasteiger partial charge in [0.05, 0.1) is 0 Å². The van der Waals surface area contributed by atoms with Crippen molar-refractivity contribution in [2.24, 2.45) is 11.8 Å². The standard InChI is InChI=1S/C21H33N3O3/c25-20(8-7-16-4-1-2-5-16)24-11-3-6-17(15-24)14-19-22-21(23-27-19)18-9-12-26-13-10-18/h16-18H,1-15H2. The first kappa shape index (κ1) is 18.9. The molecule has 0 bridgehead atoms. The number of carbonyl (C=O) groups excluding carboxylic acids is 1. The maximum absolute atomic E-state index is 12.6. The second-order valence-electron chi connectivity index (χ2n) is 8.67. The van der Waals surface area contributed by atoms with Crippen LogP contribution in [0.2, 0.25) is 0 Å². The lowest BCUT2D eigenvalue weighted by Gasteiger charge is -2.32. The molecule has 0 N–H and O–H groups in total. The van der Waals surface area contributed by atoms with Crippen LogP contribution in [0.5, 0.6) is 0 Å². The summed E-state index contributed by atoms with van der Waals surface area (Å²) in [6, 6.07) is 0. The molecule has 6 heteroatoms. The van der Waals surface area contributed by atoms with Gasteiger partial charge >= 0.3 is 0 Å². The molecule has 0 radical (unpaired) electrons. The van der Waals surface area contributed by atoms with Gasteiger partial charge < -0.3 is 14.2 Å². The van der Waals surface area contributed by atoms with Gasteiger partial charge in [0, 0.05) is 45.1 Å². The Morgan fingerprint density at radius 3 is 2.63 bits per heavy atom. The Labute approximate surface area is 162 Å². The number of hydrogen-bond acceptors (Lipinski definition) is 5. The van der Waals surface area contributed by atoms with E-state index in [1.165, 1.54) is 25.7 Å². The molecule has 150 valence electrons. The van der Waals surface area contributed by atoms with Crippen LogP contribution in [0.3, 0.4) is 0 Å². The third-order valence-corrected chi connectivity index (χ3v) is 6.65. The summed E-state index contributed by atoms with van der Waals surface area (Å²) in [7, 11) is 0. The number of ether oxygens (including phenoxy) is 1. The molecule has 3 fully saturated rings. The van der Waals surface area contributed by atoms with Crippen molar-refractivity contribution < 1.29 is 14.1 Å². The van der Waals surface area contributed by atoms with Crippen molar-refractivity contribution >= 4 is 5.91 Å². The molecule has 6 nitrogen and oxygen atoms in total. The lowest BCUT2D eigenvalue weighted by Crippen LogP contribution is -2.40. The van der Waals surface area contributed by atoms with Crippen molar-refractivity contribution in [2.45, 2.75) is 76.5 Å². The number of rotatable bonds is 6. The van der Waals surface area contributed by atoms with Crippen LogP contribution < -0.4 is 0 Å². The van der Waals surface area contributed by atoms with Crippen molar-refractivity contribution in [2.75, 3.05) is 26.3 Å². The Morgan fingerprint density at radius 1 is 1.04 bits per heavy atom. The zero-order chi connectivity index (χ0) is 18.5. The number of carbonyl (C=O) groups is 1. The minimum Gasteiger partial charge on any atom is -0.381 e. The summed E-state index contributed by atoms with van der Waals surface area (Å²) in [5.74, 6) is 3.53. The first-order valence-electron chi connectivity index (χ1n) is 11.0. The topological polar surface area (TPSA) is 68.5 Å². The molecule has 1 amide bonds. The maximum Gasteiger partial charge on any atom is 0.226 e. The van der Waals surface area contributed by atoms with Crippen LogP contribution >= 0.6 is 0 Å². The fourth-order valence-electron chi connectivity index (χ4n) is 4.96. The number of aromatic nitrogens is 2. The second kappa shape index (κ2) is 9.18. The number of piperidine rings is 1. The molecule has 0 spiro atoms. The van der Waals surface area contributed by atoms with Crippen LogP contribution in [0.15, 0.2) is 4.52 Å². The lowest BCUT2D eigenvalue weighted by atomic mass is 9.94. The first-order chi connectivity index (χ1) is 13.3. The maximum atomic E-state index is 12.6. The summed E-state index contributed by atoms with van der Waals surface area (Å²) in [6.45, 7) is 3.33. The summed E-state index contributed by atoms with van der Waals surface area (Å²) in [5, 5.41) is 4.21. The van der Waals surface area contributed by atoms with E-state index in [1.807, 2.05) is 0 Å². The van der Waals surface area contributed by atoms with Crippen molar-refractivity contribution in [3.63, 3.8) is 0 Å². The van der Waals surface area contributed by atoms with E-state index in [0.29, 0.717) is 17.7 Å². The third kappa shape index (κ3) is 5.09. The van der Waals surface area contributed by atoms with Gasteiger partial charge in [0.15, 0.2) is 5.82 Å². The molecule has 2 aliphatic heterocycles. The summed E-state index contributed by atoms with van der Waals surface area (Å²) in [5.41, 5.74) is 0. The Kier molecular flexibility index (Phi) is 6.43. The molecule has 3 heterocycles. The van der Waals surface area contributed by atoms with E-state index in [-0.39, 0.29) is 0 Å². The van der Waals surface area contributed by atoms with Crippen molar-refractivity contribution in [3.8, 4) is 0 Å². The van der Waals surface area contributed by atoms with Gasteiger partial charge in [0.2, 0.25) is 11.8 Å². The fraction of sp³-hybridized carbons (Fsp3) is 0.857. The van der Waals surface area contributed by atoms with E-state index in [1.54, 1.807) is 0 Å². The van der Waals surface area contributed by atoms with E-state index >= 15 is 0 Å². The molecule has 1 saturated carbocycles. The second-order valence-corrected chi connectivity index (χ2v) is 8.67. The van der Waals surface area contributed by atoms with Crippen LogP contribution in [0.1, 0.15) is 81.8 Å². The molecule has 2 saturated heterocycles. The molecule has 27 heavy (non-hydrogen) atoms. The third-order valence-electron chi connectivity index (χ3n) is 6.65. The Bertz CT molecular complexity index is 606. The molecular weight excluding hydrogens is 342 g/mol. The number of nitrogens with zero attached hydrogens (tertiary/aromatic N) is 3. The number of hydrogen-bond donors (Lipinski definition) is 0. The van der Waals surface area contributed by atoms with Gasteiger partial charge in [-0.3, -0.25) is 4.79 Å². The monoisotopic (exact) mass is 375 g/mol. The quantitative estimate of drug-likeness (QED) is 0.758. The van der Waals surface area contributed by atoms with E-state index in [0.717, 1.165) is 88.9 Å². The number of amides is 1. The average molecular weight is 376 g/mol. The molecule has 1 aliphatic carbocycles. The summed E-state index contributed by atoms with van der Waals surface area (Å²) in [4.78, 5) is 19.4. The van der Waals surface area contributed by atoms with Crippen LogP contribution in [-0.4, -0.2) is 47.3 Å². The van der Waals surface area contributed by atoms with Gasteiger partial charge in [0.1, 0.15) is 0 Å². The first-order valence-corrected chi connectivity index (χ1v) is 11.0. The van der Waals surface area contributed by atoms with Crippen LogP contribution in [0.4, 0.5) is 0 Å². The Morgan fingerprint density at radius 2 is 1.81 bits per heavy atom. The normalized spacial score (nSPS) is 25.2. The van der Waals surface area contributed by atoms with E-state index < -0.39 is 0 Å². The largest absolute Gasteiger partial charge is 0.381 e. The zero-order valence-electron chi connectivity index (χ0n) is 16.4. The van der Waals surface area contributed by atoms with Gasteiger partial charge in [-0.1, -0.05) is 30.8 Å². The van der Waals surface area contributed by atoms with Crippen molar-refractivity contribution in [1.29, 1.82) is 0 Å². The van der Waals surface area contributed by atoms with Crippen LogP contribution in [0, 0.1) is 11.8 Å². The van der Waals surface area contributed by atoms with Gasteiger partial charge in [-0.15, -0.1) is 0 Å². The molecule has 0 aromatic carbocycles. The summed E-state index contributed by atoms with van der Waals surface area (Å²) >= 11 is 0. The number of likely N-dealkylation sites (tertiary alicyclic amines) is 1. The fourth-order valence-corrected chi connectivity index (χ4v) is 4.96. The minimum atomic E-state index is 0.347. The van der Waals surface area contributed by atoms with E-state index in [4.69, 9.17) is 9.26 Å². The summed E-state index contributed by atoms with van der Waals surface area (Å²) in [6.07, 6.45) is 12.1. The smallest absolute Gasteiger partial charge is 0.226 e. The highest BCUT2D eigenvalue weighted by atomic mass is 16.5. The van der Waals surface area contributed by atoms with Gasteiger partial charge in [-0.2, -0.15) is 4.98 Å². The van der Waals surface area contributed by atoms with Crippen molar-refractivity contribution in [1.82, 2.24) is 15.0 Å². The van der Waals surface area contributed by atoms with E-state index in [2.05, 4.69) is 15.0 Å². The highest BCUT2D eigenvalue weighted by molar-refractivity contribution is 5.76. The minimum absolute atomic E-state index is 0.347. The van der Waals surface area contributed by atoms with Crippen LogP contribution in [-0.2, 0) is 16.0 Å². The Balaban J connectivity index is 1.25. The van der Waals surface area contributed by atoms with Crippen molar-refractivity contribution in [3.05, 3.63) is 11.7 Å². The van der Waals surface area contributed by atoms with Gasteiger partial charge in [-0.05, 0) is 43.9 Å². The predicted octanol–water partition coefficient (Wildman–Crippen LogP) is 3.72. The Hall–Kier alpha value is -1.43. The van der Waals surface area contributed by atoms with E-state index in [9.17, 15) is 4.79 Å². The molecule has 3 aliphatic rings. The highest BCUT2D eigenvalue weighted by Gasteiger charge is 2.27. The zero-order valence-corrected chi connectivity index (χ0v) is 16.4. The van der Waals surface area contributed by atoms with Gasteiger partial charge in [0.25, 0.3) is 0 Å². The SMILES string of the molecule is O=C(CCC1CCCC1)N1CCCC(Cc2nc(C3CCOCC3)no2)C1. The lowest BCUT2D eigenvalue weighted by molar-refractivity contribution is -0.133. The molecule has 1 atom stereocenters. The molecular formula is C21H33N3O3. The highest BCUT2D eigenvalue weighted by Crippen LogP contribution is 2.30. The van der Waals surface area contributed by atoms with Crippen LogP contribution in [0.25, 0.3) is 0 Å². The predicted molar refractivity (Wildman–Crippen MR) is 101 cm³/mol. The molecule has 1 aromatic heterocycles. The molecule has 1 aromatic rings. The molecule has 4 rings (SSSR count). The average Bonchev–Trinajstić information content (AvgIpc) is 3.39. The summed E-state index contributed by atoms with van der Waals surface area (Å²) < 4.78 is 10.9.